The second kappa shape index (κ2) is 6.51. The van der Waals surface area contributed by atoms with Crippen LogP contribution in [-0.4, -0.2) is 38.6 Å². The first kappa shape index (κ1) is 17.0. The van der Waals surface area contributed by atoms with E-state index in [9.17, 15) is 9.59 Å². The molecule has 0 saturated heterocycles. The first-order valence-corrected chi connectivity index (χ1v) is 10.5. The van der Waals surface area contributed by atoms with Gasteiger partial charge in [-0.1, -0.05) is 6.07 Å². The maximum absolute atomic E-state index is 12.9. The quantitative estimate of drug-likeness (QED) is 0.710. The van der Waals surface area contributed by atoms with E-state index in [4.69, 9.17) is 4.74 Å². The number of nitrogens with zero attached hydrogens (tertiary/aromatic N) is 4. The normalized spacial score (nSPS) is 31.2. The number of rotatable bonds is 6. The topological polar surface area (TPSA) is 87.0 Å². The zero-order valence-corrected chi connectivity index (χ0v) is 15.9. The van der Waals surface area contributed by atoms with Crippen molar-refractivity contribution in [2.75, 3.05) is 6.61 Å². The minimum atomic E-state index is -0.497. The van der Waals surface area contributed by atoms with E-state index in [2.05, 4.69) is 15.4 Å². The molecule has 2 aromatic heterocycles. The molecule has 2 aromatic rings. The average molecular weight is 386 g/mol. The predicted molar refractivity (Wildman–Crippen MR) is 97.7 cm³/mol. The monoisotopic (exact) mass is 386 g/mol. The molecule has 142 valence electrons. The third-order valence-corrected chi connectivity index (χ3v) is 7.32. The fourth-order valence-electron chi connectivity index (χ4n) is 5.73. The zero-order valence-electron chi connectivity index (χ0n) is 15.0. The molecule has 7 nitrogen and oxygen atoms in total. The van der Waals surface area contributed by atoms with E-state index in [1.54, 1.807) is 0 Å². The standard InChI is InChI=1S/C19H22N4O3S/c24-16(19-7-12-4-13(8-19)6-14(5-12)9-19)11-26-17(25)10-23-21-18(20-22-23)15-2-1-3-27-15/h1-3,12-14H,4-11H2. The first-order valence-electron chi connectivity index (χ1n) is 9.60. The maximum Gasteiger partial charge on any atom is 0.330 e. The van der Waals surface area contributed by atoms with Gasteiger partial charge in [0.1, 0.15) is 0 Å². The molecule has 0 atom stereocenters. The molecule has 2 heterocycles. The summed E-state index contributed by atoms with van der Waals surface area (Å²) in [6.07, 6.45) is 6.84. The Bertz CT molecular complexity index is 825. The van der Waals surface area contributed by atoms with Crippen molar-refractivity contribution >= 4 is 23.1 Å². The van der Waals surface area contributed by atoms with E-state index < -0.39 is 5.97 Å². The lowest BCUT2D eigenvalue weighted by Gasteiger charge is -2.55. The van der Waals surface area contributed by atoms with Crippen molar-refractivity contribution in [2.24, 2.45) is 23.2 Å². The number of Topliss-reactive ketones (excluding diaryl/α,β-unsaturated/α-hetero) is 1. The minimum Gasteiger partial charge on any atom is -0.456 e. The number of aromatic nitrogens is 4. The van der Waals surface area contributed by atoms with E-state index >= 15 is 0 Å². The lowest BCUT2D eigenvalue weighted by Crippen LogP contribution is -2.51. The average Bonchev–Trinajstić information content (AvgIpc) is 3.30. The number of hydrogen-bond donors (Lipinski definition) is 0. The van der Waals surface area contributed by atoms with Crippen LogP contribution in [0.4, 0.5) is 0 Å². The number of tetrazole rings is 1. The number of esters is 1. The molecule has 27 heavy (non-hydrogen) atoms. The van der Waals surface area contributed by atoms with Crippen LogP contribution in [0.15, 0.2) is 17.5 Å². The van der Waals surface area contributed by atoms with Crippen LogP contribution in [0.2, 0.25) is 0 Å². The highest BCUT2D eigenvalue weighted by atomic mass is 32.1. The van der Waals surface area contributed by atoms with Gasteiger partial charge in [0, 0.05) is 5.41 Å². The Kier molecular flexibility index (Phi) is 4.11. The van der Waals surface area contributed by atoms with Crippen molar-refractivity contribution in [3.8, 4) is 10.7 Å². The van der Waals surface area contributed by atoms with Crippen molar-refractivity contribution < 1.29 is 14.3 Å². The summed E-state index contributed by atoms with van der Waals surface area (Å²) in [6, 6.07) is 3.81. The van der Waals surface area contributed by atoms with Gasteiger partial charge >= 0.3 is 5.97 Å². The van der Waals surface area contributed by atoms with Gasteiger partial charge in [-0.2, -0.15) is 4.80 Å². The summed E-state index contributed by atoms with van der Waals surface area (Å²) in [6.45, 7) is -0.260. The molecule has 0 aromatic carbocycles. The summed E-state index contributed by atoms with van der Waals surface area (Å²) < 4.78 is 5.28. The Morgan fingerprint density at radius 3 is 2.52 bits per heavy atom. The Hall–Kier alpha value is -2.09. The molecular formula is C19H22N4O3S. The van der Waals surface area contributed by atoms with Crippen LogP contribution in [0.1, 0.15) is 38.5 Å². The molecule has 4 aliphatic carbocycles. The van der Waals surface area contributed by atoms with Gasteiger partial charge in [0.05, 0.1) is 4.88 Å². The highest BCUT2D eigenvalue weighted by Gasteiger charge is 2.54. The van der Waals surface area contributed by atoms with Crippen LogP contribution in [0.25, 0.3) is 10.7 Å². The molecule has 0 amide bonds. The van der Waals surface area contributed by atoms with Gasteiger partial charge in [-0.25, -0.2) is 4.79 Å². The Labute approximate surface area is 161 Å². The molecule has 4 saturated carbocycles. The van der Waals surface area contributed by atoms with Crippen LogP contribution in [0, 0.1) is 23.2 Å². The number of carbonyl (C=O) groups is 2. The summed E-state index contributed by atoms with van der Waals surface area (Å²) in [5.74, 6) is 2.20. The van der Waals surface area contributed by atoms with Crippen molar-refractivity contribution in [2.45, 2.75) is 45.1 Å². The van der Waals surface area contributed by atoms with Gasteiger partial charge < -0.3 is 4.74 Å². The summed E-state index contributed by atoms with van der Waals surface area (Å²) in [5, 5.41) is 14.0. The molecule has 0 spiro atoms. The van der Waals surface area contributed by atoms with Crippen molar-refractivity contribution in [1.82, 2.24) is 20.2 Å². The van der Waals surface area contributed by atoms with Crippen LogP contribution in [-0.2, 0) is 20.9 Å². The summed E-state index contributed by atoms with van der Waals surface area (Å²) in [7, 11) is 0. The smallest absolute Gasteiger partial charge is 0.330 e. The van der Waals surface area contributed by atoms with Crippen LogP contribution in [0.3, 0.4) is 0 Å². The molecule has 4 aliphatic rings. The number of ketones is 1. The highest BCUT2D eigenvalue weighted by molar-refractivity contribution is 7.13. The predicted octanol–water partition coefficient (Wildman–Crippen LogP) is 2.73. The number of thiophene rings is 1. The zero-order chi connectivity index (χ0) is 18.4. The van der Waals surface area contributed by atoms with Crippen molar-refractivity contribution in [3.63, 3.8) is 0 Å². The molecular weight excluding hydrogens is 364 g/mol. The molecule has 0 aliphatic heterocycles. The molecule has 0 radical (unpaired) electrons. The molecule has 8 heteroatoms. The lowest BCUT2D eigenvalue weighted by molar-refractivity contribution is -0.158. The van der Waals surface area contributed by atoms with Crippen molar-refractivity contribution in [3.05, 3.63) is 17.5 Å². The number of carbonyl (C=O) groups excluding carboxylic acids is 2. The molecule has 0 N–H and O–H groups in total. The Morgan fingerprint density at radius 1 is 1.19 bits per heavy atom. The van der Waals surface area contributed by atoms with Gasteiger partial charge in [-0.3, -0.25) is 4.79 Å². The van der Waals surface area contributed by atoms with Crippen molar-refractivity contribution in [1.29, 1.82) is 0 Å². The van der Waals surface area contributed by atoms with Crippen LogP contribution < -0.4 is 0 Å². The number of hydrogen-bond acceptors (Lipinski definition) is 7. The summed E-state index contributed by atoms with van der Waals surface area (Å²) in [4.78, 5) is 27.1. The Balaban J connectivity index is 1.17. The van der Waals surface area contributed by atoms with E-state index in [1.165, 1.54) is 35.4 Å². The van der Waals surface area contributed by atoms with E-state index in [-0.39, 0.29) is 24.3 Å². The van der Waals surface area contributed by atoms with Gasteiger partial charge in [-0.15, -0.1) is 21.5 Å². The highest BCUT2D eigenvalue weighted by Crippen LogP contribution is 2.60. The van der Waals surface area contributed by atoms with E-state index in [1.807, 2.05) is 17.5 Å². The molecule has 4 bridgehead atoms. The fraction of sp³-hybridized carbons (Fsp3) is 0.632. The van der Waals surface area contributed by atoms with E-state index in [0.717, 1.165) is 24.1 Å². The third kappa shape index (κ3) is 3.20. The second-order valence-corrected chi connectivity index (χ2v) is 9.35. The number of ether oxygens (including phenoxy) is 1. The van der Waals surface area contributed by atoms with Gasteiger partial charge in [0.15, 0.2) is 18.9 Å². The van der Waals surface area contributed by atoms with E-state index in [0.29, 0.717) is 23.6 Å². The lowest BCUT2D eigenvalue weighted by atomic mass is 9.48. The SMILES string of the molecule is O=C(Cn1nnc(-c2cccs2)n1)OCC(=O)C12CC3CC(CC(C3)C1)C2. The second-order valence-electron chi connectivity index (χ2n) is 8.40. The minimum absolute atomic E-state index is 0.112. The van der Waals surface area contributed by atoms with Gasteiger partial charge in [-0.05, 0) is 72.9 Å². The molecule has 0 unspecified atom stereocenters. The third-order valence-electron chi connectivity index (χ3n) is 6.46. The van der Waals surface area contributed by atoms with Crippen LogP contribution >= 0.6 is 11.3 Å². The van der Waals surface area contributed by atoms with Gasteiger partial charge in [0.25, 0.3) is 0 Å². The largest absolute Gasteiger partial charge is 0.456 e. The van der Waals surface area contributed by atoms with Crippen LogP contribution in [0.5, 0.6) is 0 Å². The fourth-order valence-corrected chi connectivity index (χ4v) is 6.37. The van der Waals surface area contributed by atoms with Gasteiger partial charge in [0.2, 0.25) is 5.82 Å². The maximum atomic E-state index is 12.9. The first-order chi connectivity index (χ1) is 13.1. The Morgan fingerprint density at radius 2 is 1.89 bits per heavy atom. The summed E-state index contributed by atoms with van der Waals surface area (Å²) >= 11 is 1.51. The molecule has 4 fully saturated rings. The molecule has 6 rings (SSSR count). The summed E-state index contributed by atoms with van der Waals surface area (Å²) in [5.41, 5.74) is -0.229.